The molecule has 84 valence electrons. The first kappa shape index (κ1) is 10.8. The largest absolute Gasteiger partial charge is 0.299 e. The number of pyridine rings is 1. The summed E-state index contributed by atoms with van der Waals surface area (Å²) in [4.78, 5) is 4.43. The van der Waals surface area contributed by atoms with Gasteiger partial charge < -0.3 is 0 Å². The highest BCUT2D eigenvalue weighted by Gasteiger charge is 2.06. The molecule has 0 atom stereocenters. The van der Waals surface area contributed by atoms with E-state index in [9.17, 15) is 0 Å². The maximum atomic E-state index is 6.00. The molecule has 0 fully saturated rings. The van der Waals surface area contributed by atoms with Crippen LogP contribution in [0.15, 0.2) is 53.3 Å². The molecule has 4 heteroatoms. The molecule has 0 unspecified atom stereocenters. The van der Waals surface area contributed by atoms with Gasteiger partial charge in [0.15, 0.2) is 0 Å². The van der Waals surface area contributed by atoms with Gasteiger partial charge in [-0.25, -0.2) is 4.98 Å². The van der Waals surface area contributed by atoms with E-state index >= 15 is 0 Å². The average molecular weight is 308 g/mol. The van der Waals surface area contributed by atoms with Crippen LogP contribution in [0.4, 0.5) is 0 Å². The van der Waals surface area contributed by atoms with Crippen molar-refractivity contribution < 1.29 is 0 Å². The van der Waals surface area contributed by atoms with Crippen molar-refractivity contribution in [1.82, 2.24) is 9.38 Å². The topological polar surface area (TPSA) is 17.3 Å². The molecule has 0 N–H and O–H groups in total. The summed E-state index contributed by atoms with van der Waals surface area (Å²) in [6.45, 7) is 0. The Morgan fingerprint density at radius 2 is 2.06 bits per heavy atom. The van der Waals surface area contributed by atoms with Gasteiger partial charge in [-0.1, -0.05) is 23.7 Å². The van der Waals surface area contributed by atoms with Gasteiger partial charge in [0.05, 0.1) is 11.7 Å². The Bertz CT molecular complexity index is 691. The molecule has 2 heterocycles. The van der Waals surface area contributed by atoms with Crippen molar-refractivity contribution in [1.29, 1.82) is 0 Å². The predicted molar refractivity (Wildman–Crippen MR) is 73.3 cm³/mol. The van der Waals surface area contributed by atoms with E-state index in [-0.39, 0.29) is 0 Å². The van der Waals surface area contributed by atoms with E-state index < -0.39 is 0 Å². The third-order valence-corrected chi connectivity index (χ3v) is 3.28. The van der Waals surface area contributed by atoms with Gasteiger partial charge in [-0.05, 0) is 40.2 Å². The van der Waals surface area contributed by atoms with Gasteiger partial charge in [-0.2, -0.15) is 0 Å². The zero-order valence-electron chi connectivity index (χ0n) is 8.77. The second-order valence-corrected chi connectivity index (χ2v) is 5.09. The number of rotatable bonds is 1. The molecule has 0 bridgehead atoms. The van der Waals surface area contributed by atoms with Crippen molar-refractivity contribution in [3.63, 3.8) is 0 Å². The van der Waals surface area contributed by atoms with Gasteiger partial charge in [-0.3, -0.25) is 4.40 Å². The minimum Gasteiger partial charge on any atom is -0.299 e. The molecule has 2 nitrogen and oxygen atoms in total. The molecule has 17 heavy (non-hydrogen) atoms. The lowest BCUT2D eigenvalue weighted by molar-refractivity contribution is 1.15. The minimum atomic E-state index is 0.717. The summed E-state index contributed by atoms with van der Waals surface area (Å²) in [6.07, 6.45) is 3.85. The Labute approximate surface area is 112 Å². The van der Waals surface area contributed by atoms with Crippen LogP contribution in [0.25, 0.3) is 16.9 Å². The van der Waals surface area contributed by atoms with Gasteiger partial charge in [0.1, 0.15) is 5.82 Å². The summed E-state index contributed by atoms with van der Waals surface area (Å²) < 4.78 is 3.06. The normalized spacial score (nSPS) is 10.9. The van der Waals surface area contributed by atoms with Gasteiger partial charge in [0, 0.05) is 21.3 Å². The van der Waals surface area contributed by atoms with E-state index in [1.165, 1.54) is 0 Å². The molecular weight excluding hydrogens is 300 g/mol. The van der Waals surface area contributed by atoms with E-state index in [0.29, 0.717) is 5.02 Å². The van der Waals surface area contributed by atoms with Gasteiger partial charge in [-0.15, -0.1) is 0 Å². The number of nitrogens with zero attached hydrogens (tertiary/aromatic N) is 2. The molecule has 0 spiro atoms. The van der Waals surface area contributed by atoms with Crippen LogP contribution in [0, 0.1) is 0 Å². The molecule has 0 aliphatic rings. The Morgan fingerprint density at radius 1 is 1.18 bits per heavy atom. The van der Waals surface area contributed by atoms with Crippen LogP contribution in [-0.4, -0.2) is 9.38 Å². The van der Waals surface area contributed by atoms with Crippen LogP contribution < -0.4 is 0 Å². The first-order valence-corrected chi connectivity index (χ1v) is 6.30. The Morgan fingerprint density at radius 3 is 2.88 bits per heavy atom. The van der Waals surface area contributed by atoms with Crippen LogP contribution >= 0.6 is 27.5 Å². The highest BCUT2D eigenvalue weighted by molar-refractivity contribution is 9.10. The van der Waals surface area contributed by atoms with E-state index in [1.54, 1.807) is 0 Å². The quantitative estimate of drug-likeness (QED) is 0.650. The van der Waals surface area contributed by atoms with Gasteiger partial charge in [0.25, 0.3) is 0 Å². The third kappa shape index (κ3) is 1.96. The van der Waals surface area contributed by atoms with E-state index in [0.717, 1.165) is 21.4 Å². The summed E-state index contributed by atoms with van der Waals surface area (Å²) >= 11 is 9.46. The lowest BCUT2D eigenvalue weighted by Crippen LogP contribution is -1.89. The number of hydrogen-bond acceptors (Lipinski definition) is 1. The number of fused-ring (bicyclic) bond motifs is 1. The molecule has 0 saturated heterocycles. The maximum absolute atomic E-state index is 6.00. The van der Waals surface area contributed by atoms with Crippen LogP contribution in [0.3, 0.4) is 0 Å². The molecule has 0 amide bonds. The first-order valence-electron chi connectivity index (χ1n) is 5.12. The molecule has 0 radical (unpaired) electrons. The molecule has 3 aromatic rings. The number of imidazole rings is 1. The average Bonchev–Trinajstić information content (AvgIpc) is 2.71. The summed E-state index contributed by atoms with van der Waals surface area (Å²) in [7, 11) is 0. The summed E-state index contributed by atoms with van der Waals surface area (Å²) in [5, 5.41) is 0.717. The summed E-state index contributed by atoms with van der Waals surface area (Å²) in [5.41, 5.74) is 2.07. The fraction of sp³-hybridized carbons (Fsp3) is 0. The molecule has 0 aliphatic carbocycles. The number of aromatic nitrogens is 2. The Balaban J connectivity index is 2.27. The highest BCUT2D eigenvalue weighted by atomic mass is 79.9. The number of halogens is 2. The molecule has 2 aromatic heterocycles. The second kappa shape index (κ2) is 4.17. The molecule has 0 saturated carbocycles. The van der Waals surface area contributed by atoms with Crippen molar-refractivity contribution in [2.45, 2.75) is 0 Å². The first-order chi connectivity index (χ1) is 8.24. The molecule has 0 aliphatic heterocycles. The predicted octanol–water partition coefficient (Wildman–Crippen LogP) is 4.42. The zero-order chi connectivity index (χ0) is 11.8. The number of hydrogen-bond donors (Lipinski definition) is 0. The third-order valence-electron chi connectivity index (χ3n) is 2.57. The summed E-state index contributed by atoms with van der Waals surface area (Å²) in [6, 6.07) is 11.7. The monoisotopic (exact) mass is 306 g/mol. The Kier molecular flexibility index (Phi) is 2.65. The van der Waals surface area contributed by atoms with Crippen LogP contribution in [0.5, 0.6) is 0 Å². The molecule has 1 aromatic carbocycles. The maximum Gasteiger partial charge on any atom is 0.144 e. The smallest absolute Gasteiger partial charge is 0.144 e. The summed E-state index contributed by atoms with van der Waals surface area (Å²) in [5.74, 6) is 0.892. The van der Waals surface area contributed by atoms with Crippen molar-refractivity contribution in [2.75, 3.05) is 0 Å². The fourth-order valence-corrected chi connectivity index (χ4v) is 2.33. The van der Waals surface area contributed by atoms with Crippen LogP contribution in [-0.2, 0) is 0 Å². The Hall–Kier alpha value is -1.32. The minimum absolute atomic E-state index is 0.717. The van der Waals surface area contributed by atoms with Crippen molar-refractivity contribution >= 4 is 33.0 Å². The lowest BCUT2D eigenvalue weighted by atomic mass is 10.2. The molecular formula is C13H8BrClN2. The van der Waals surface area contributed by atoms with Crippen LogP contribution in [0.1, 0.15) is 0 Å². The number of benzene rings is 1. The van der Waals surface area contributed by atoms with E-state index in [4.69, 9.17) is 11.6 Å². The second-order valence-electron chi connectivity index (χ2n) is 3.73. The zero-order valence-corrected chi connectivity index (χ0v) is 11.1. The SMILES string of the molecule is Clc1cccc(-c2ncc3ccc(Br)cn23)c1. The van der Waals surface area contributed by atoms with Gasteiger partial charge in [0.2, 0.25) is 0 Å². The van der Waals surface area contributed by atoms with Crippen LogP contribution in [0.2, 0.25) is 5.02 Å². The van der Waals surface area contributed by atoms with E-state index in [1.807, 2.05) is 53.2 Å². The van der Waals surface area contributed by atoms with Crippen molar-refractivity contribution in [3.05, 3.63) is 58.3 Å². The van der Waals surface area contributed by atoms with E-state index in [2.05, 4.69) is 20.9 Å². The lowest BCUT2D eigenvalue weighted by Gasteiger charge is -2.02. The molecule has 3 rings (SSSR count). The standard InChI is InChI=1S/C13H8BrClN2/c14-10-4-5-12-7-16-13(17(12)8-10)9-2-1-3-11(15)6-9/h1-8H. The van der Waals surface area contributed by atoms with Crippen molar-refractivity contribution in [2.24, 2.45) is 0 Å². The fourth-order valence-electron chi connectivity index (χ4n) is 1.81. The van der Waals surface area contributed by atoms with Crippen molar-refractivity contribution in [3.8, 4) is 11.4 Å². The van der Waals surface area contributed by atoms with Gasteiger partial charge >= 0.3 is 0 Å². The highest BCUT2D eigenvalue weighted by Crippen LogP contribution is 2.24.